The third kappa shape index (κ3) is 3.31. The molecule has 1 amide bonds. The smallest absolute Gasteiger partial charge is 0.340 e. The molecule has 0 spiro atoms. The second kappa shape index (κ2) is 7.58. The molecule has 0 unspecified atom stereocenters. The zero-order chi connectivity index (χ0) is 17.0. The van der Waals surface area contributed by atoms with Crippen molar-refractivity contribution in [3.8, 4) is 0 Å². The van der Waals surface area contributed by atoms with Gasteiger partial charge in [0, 0.05) is 17.4 Å². The Hall–Kier alpha value is -1.51. The highest BCUT2D eigenvalue weighted by Gasteiger charge is 2.53. The summed E-state index contributed by atoms with van der Waals surface area (Å²) in [6.45, 7) is 0.0828. The van der Waals surface area contributed by atoms with E-state index in [9.17, 15) is 14.4 Å². The second-order valence-corrected chi connectivity index (χ2v) is 7.60. The molecule has 0 radical (unpaired) electrons. The Kier molecular flexibility index (Phi) is 5.47. The number of ether oxygens (including phenoxy) is 1. The van der Waals surface area contributed by atoms with Crippen LogP contribution in [0.15, 0.2) is 30.3 Å². The van der Waals surface area contributed by atoms with Crippen LogP contribution in [-0.4, -0.2) is 57.9 Å². The van der Waals surface area contributed by atoms with E-state index >= 15 is 0 Å². The molecule has 1 aromatic carbocycles. The largest absolute Gasteiger partial charge is 0.459 e. The fourth-order valence-electron chi connectivity index (χ4n) is 2.65. The van der Waals surface area contributed by atoms with E-state index in [4.69, 9.17) is 4.74 Å². The van der Waals surface area contributed by atoms with Gasteiger partial charge in [-0.1, -0.05) is 30.3 Å². The Morgan fingerprint density at radius 2 is 2.12 bits per heavy atom. The standard InChI is InChI=1S/C16H18N2O4S2/c19-8-16(15(21)22-6-12-4-2-1-3-5-12)9-24-11-18(16)14(20)13-7-23-10-17-13/h1-5,8,13,17H,6-7,9-11H2/t13-,16+/m0/s1. The first kappa shape index (κ1) is 17.3. The molecule has 1 aromatic rings. The fraction of sp³-hybridized carbons (Fsp3) is 0.438. The minimum absolute atomic E-state index is 0.0828. The molecule has 2 aliphatic rings. The highest BCUT2D eigenvalue weighted by Crippen LogP contribution is 2.32. The molecule has 0 bridgehead atoms. The van der Waals surface area contributed by atoms with Crippen molar-refractivity contribution in [2.45, 2.75) is 18.2 Å². The normalized spacial score (nSPS) is 26.3. The van der Waals surface area contributed by atoms with E-state index in [2.05, 4.69) is 5.32 Å². The van der Waals surface area contributed by atoms with Gasteiger partial charge < -0.3 is 14.4 Å². The van der Waals surface area contributed by atoms with Gasteiger partial charge in [0.25, 0.3) is 0 Å². The second-order valence-electron chi connectivity index (χ2n) is 5.62. The first-order valence-electron chi connectivity index (χ1n) is 7.55. The lowest BCUT2D eigenvalue weighted by Crippen LogP contribution is -2.60. The number of esters is 1. The average molecular weight is 366 g/mol. The predicted octanol–water partition coefficient (Wildman–Crippen LogP) is 0.863. The van der Waals surface area contributed by atoms with Gasteiger partial charge in [0.2, 0.25) is 11.4 Å². The summed E-state index contributed by atoms with van der Waals surface area (Å²) in [4.78, 5) is 38.4. The molecular formula is C16H18N2O4S2. The molecule has 8 heteroatoms. The zero-order valence-electron chi connectivity index (χ0n) is 13.0. The van der Waals surface area contributed by atoms with E-state index in [1.807, 2.05) is 30.3 Å². The van der Waals surface area contributed by atoms with Gasteiger partial charge in [-0.2, -0.15) is 0 Å². The van der Waals surface area contributed by atoms with Crippen LogP contribution in [0, 0.1) is 0 Å². The van der Waals surface area contributed by atoms with Crippen LogP contribution in [0.2, 0.25) is 0 Å². The average Bonchev–Trinajstić information content (AvgIpc) is 3.30. The third-order valence-corrected chi connectivity index (χ3v) is 6.09. The Bertz CT molecular complexity index is 622. The van der Waals surface area contributed by atoms with Crippen LogP contribution in [-0.2, 0) is 25.7 Å². The van der Waals surface area contributed by atoms with Crippen LogP contribution in [0.3, 0.4) is 0 Å². The molecular weight excluding hydrogens is 348 g/mol. The highest BCUT2D eigenvalue weighted by molar-refractivity contribution is 7.99. The van der Waals surface area contributed by atoms with Crippen molar-refractivity contribution in [3.63, 3.8) is 0 Å². The molecule has 2 saturated heterocycles. The van der Waals surface area contributed by atoms with Crippen molar-refractivity contribution in [2.75, 3.05) is 23.3 Å². The minimum Gasteiger partial charge on any atom is -0.459 e. The quantitative estimate of drug-likeness (QED) is 0.471. The summed E-state index contributed by atoms with van der Waals surface area (Å²) in [7, 11) is 0. The van der Waals surface area contributed by atoms with Crippen LogP contribution in [0.5, 0.6) is 0 Å². The van der Waals surface area contributed by atoms with Crippen molar-refractivity contribution in [2.24, 2.45) is 0 Å². The molecule has 0 aliphatic carbocycles. The molecule has 2 fully saturated rings. The maximum absolute atomic E-state index is 12.7. The van der Waals surface area contributed by atoms with Gasteiger partial charge in [0.1, 0.15) is 6.61 Å². The number of thioether (sulfide) groups is 2. The van der Waals surface area contributed by atoms with E-state index in [1.165, 1.54) is 16.7 Å². The van der Waals surface area contributed by atoms with Crippen molar-refractivity contribution in [1.29, 1.82) is 0 Å². The number of rotatable bonds is 5. The molecule has 1 N–H and O–H groups in total. The number of carbonyl (C=O) groups excluding carboxylic acids is 3. The van der Waals surface area contributed by atoms with E-state index in [0.717, 1.165) is 5.56 Å². The Labute approximate surface area is 148 Å². The molecule has 2 atom stereocenters. The molecule has 6 nitrogen and oxygen atoms in total. The number of benzene rings is 1. The molecule has 3 rings (SSSR count). The van der Waals surface area contributed by atoms with Gasteiger partial charge in [-0.25, -0.2) is 4.79 Å². The topological polar surface area (TPSA) is 75.7 Å². The predicted molar refractivity (Wildman–Crippen MR) is 93.5 cm³/mol. The van der Waals surface area contributed by atoms with E-state index < -0.39 is 11.5 Å². The summed E-state index contributed by atoms with van der Waals surface area (Å²) in [5, 5.41) is 3.09. The van der Waals surface area contributed by atoms with Gasteiger partial charge in [0.15, 0.2) is 6.29 Å². The van der Waals surface area contributed by atoms with E-state index in [1.54, 1.807) is 11.8 Å². The zero-order valence-corrected chi connectivity index (χ0v) is 14.6. The van der Waals surface area contributed by atoms with E-state index in [-0.39, 0.29) is 24.3 Å². The maximum atomic E-state index is 12.7. The van der Waals surface area contributed by atoms with Gasteiger partial charge >= 0.3 is 5.97 Å². The molecule has 0 aromatic heterocycles. The minimum atomic E-state index is -1.52. The number of carbonyl (C=O) groups is 3. The number of hydrogen-bond donors (Lipinski definition) is 1. The van der Waals surface area contributed by atoms with Crippen LogP contribution < -0.4 is 5.32 Å². The molecule has 2 heterocycles. The highest BCUT2D eigenvalue weighted by atomic mass is 32.2. The summed E-state index contributed by atoms with van der Waals surface area (Å²) >= 11 is 3.01. The first-order chi connectivity index (χ1) is 11.7. The van der Waals surface area contributed by atoms with Gasteiger partial charge in [-0.05, 0) is 5.56 Å². The Morgan fingerprint density at radius 3 is 2.79 bits per heavy atom. The van der Waals surface area contributed by atoms with Crippen molar-refractivity contribution in [3.05, 3.63) is 35.9 Å². The van der Waals surface area contributed by atoms with Crippen LogP contribution in [0.1, 0.15) is 5.56 Å². The number of aldehydes is 1. The van der Waals surface area contributed by atoms with Crippen LogP contribution in [0.25, 0.3) is 0 Å². The van der Waals surface area contributed by atoms with Gasteiger partial charge in [0.05, 0.1) is 11.9 Å². The SMILES string of the molecule is O=C[C@]1(C(=O)OCc2ccccc2)CSCN1C(=O)[C@@H]1CSCN1. The van der Waals surface area contributed by atoms with Crippen molar-refractivity contribution < 1.29 is 19.1 Å². The number of nitrogens with zero attached hydrogens (tertiary/aromatic N) is 1. The van der Waals surface area contributed by atoms with Crippen molar-refractivity contribution >= 4 is 41.7 Å². The van der Waals surface area contributed by atoms with Gasteiger partial charge in [-0.15, -0.1) is 23.5 Å². The monoisotopic (exact) mass is 366 g/mol. The van der Waals surface area contributed by atoms with Crippen molar-refractivity contribution in [1.82, 2.24) is 10.2 Å². The van der Waals surface area contributed by atoms with Crippen LogP contribution in [0.4, 0.5) is 0 Å². The molecule has 24 heavy (non-hydrogen) atoms. The fourth-order valence-corrected chi connectivity index (χ4v) is 4.87. The molecule has 128 valence electrons. The lowest BCUT2D eigenvalue weighted by Gasteiger charge is -2.32. The lowest BCUT2D eigenvalue weighted by atomic mass is 10.0. The Balaban J connectivity index is 1.72. The van der Waals surface area contributed by atoms with Gasteiger partial charge in [-0.3, -0.25) is 10.1 Å². The number of nitrogens with one attached hydrogen (secondary N) is 1. The van der Waals surface area contributed by atoms with E-state index in [0.29, 0.717) is 23.8 Å². The summed E-state index contributed by atoms with van der Waals surface area (Å²) in [6.07, 6.45) is 0.556. The lowest BCUT2D eigenvalue weighted by molar-refractivity contribution is -0.163. The maximum Gasteiger partial charge on any atom is 0.340 e. The Morgan fingerprint density at radius 1 is 1.33 bits per heavy atom. The first-order valence-corrected chi connectivity index (χ1v) is 9.86. The summed E-state index contributed by atoms with van der Waals surface area (Å²) in [5.41, 5.74) is -0.685. The third-order valence-electron chi connectivity index (χ3n) is 4.07. The van der Waals surface area contributed by atoms with Crippen LogP contribution >= 0.6 is 23.5 Å². The molecule has 2 aliphatic heterocycles. The summed E-state index contributed by atoms with van der Waals surface area (Å²) in [6, 6.07) is 8.90. The summed E-state index contributed by atoms with van der Waals surface area (Å²) < 4.78 is 5.35. The number of hydrogen-bond acceptors (Lipinski definition) is 7. The molecule has 0 saturated carbocycles. The number of amides is 1. The summed E-state index contributed by atoms with van der Waals surface area (Å²) in [5.74, 6) is 1.02.